The fraction of sp³-hybridized carbons (Fsp3) is 0.538. The van der Waals surface area contributed by atoms with Gasteiger partial charge in [-0.25, -0.2) is 0 Å². The Balaban J connectivity index is 1.94. The molecule has 1 saturated heterocycles. The third-order valence-electron chi connectivity index (χ3n) is 3.35. The minimum Gasteiger partial charge on any atom is -0.480 e. The van der Waals surface area contributed by atoms with Gasteiger partial charge in [-0.1, -0.05) is 0 Å². The Hall–Kier alpha value is -1.82. The smallest absolute Gasteiger partial charge is 0.324 e. The van der Waals surface area contributed by atoms with Crippen LogP contribution in [0, 0.1) is 12.3 Å². The topological polar surface area (TPSA) is 80.0 Å². The van der Waals surface area contributed by atoms with Crippen molar-refractivity contribution in [2.45, 2.75) is 13.3 Å². The van der Waals surface area contributed by atoms with E-state index in [0.717, 1.165) is 11.5 Å². The molecule has 0 saturated carbocycles. The first kappa shape index (κ1) is 13.6. The van der Waals surface area contributed by atoms with Crippen molar-refractivity contribution in [1.82, 2.24) is 4.90 Å². The lowest BCUT2D eigenvalue weighted by Crippen LogP contribution is -2.59. The van der Waals surface area contributed by atoms with Crippen molar-refractivity contribution in [2.75, 3.05) is 26.8 Å². The minimum absolute atomic E-state index is 0.0502. The van der Waals surface area contributed by atoms with Gasteiger partial charge in [0, 0.05) is 20.0 Å². The molecule has 19 heavy (non-hydrogen) atoms. The van der Waals surface area contributed by atoms with Gasteiger partial charge in [0.05, 0.1) is 13.2 Å². The number of hydrogen-bond acceptors (Lipinski definition) is 4. The Morgan fingerprint density at radius 3 is 2.53 bits per heavy atom. The summed E-state index contributed by atoms with van der Waals surface area (Å²) in [5.41, 5.74) is -1.40. The first-order chi connectivity index (χ1) is 8.95. The lowest BCUT2D eigenvalue weighted by molar-refractivity contribution is -0.190. The summed E-state index contributed by atoms with van der Waals surface area (Å²) in [5.74, 6) is 0.0729. The zero-order valence-corrected chi connectivity index (χ0v) is 11.0. The van der Waals surface area contributed by atoms with Crippen molar-refractivity contribution in [3.8, 4) is 0 Å². The first-order valence-corrected chi connectivity index (χ1v) is 6.08. The van der Waals surface area contributed by atoms with Crippen LogP contribution in [0.2, 0.25) is 0 Å². The molecule has 1 N–H and O–H groups in total. The largest absolute Gasteiger partial charge is 0.480 e. The van der Waals surface area contributed by atoms with E-state index in [1.165, 1.54) is 4.90 Å². The molecule has 1 aliphatic heterocycles. The number of carbonyl (C=O) groups excluding carboxylic acids is 1. The molecule has 1 aromatic rings. The Morgan fingerprint density at radius 2 is 2.11 bits per heavy atom. The molecule has 0 atom stereocenters. The summed E-state index contributed by atoms with van der Waals surface area (Å²) in [6.45, 7) is 2.17. The molecule has 6 heteroatoms. The van der Waals surface area contributed by atoms with Gasteiger partial charge in [0.15, 0.2) is 5.41 Å². The number of rotatable bonds is 5. The van der Waals surface area contributed by atoms with Gasteiger partial charge in [-0.2, -0.15) is 0 Å². The van der Waals surface area contributed by atoms with Gasteiger partial charge in [-0.3, -0.25) is 9.59 Å². The number of aliphatic carboxylic acids is 1. The van der Waals surface area contributed by atoms with E-state index in [-0.39, 0.29) is 13.2 Å². The number of furan rings is 1. The zero-order valence-electron chi connectivity index (χ0n) is 11.0. The van der Waals surface area contributed by atoms with Crippen LogP contribution in [0.5, 0.6) is 0 Å². The Labute approximate surface area is 110 Å². The Bertz CT molecular complexity index is 489. The molecule has 1 fully saturated rings. The molecule has 0 aromatic carbocycles. The molecule has 0 aliphatic carbocycles. The van der Waals surface area contributed by atoms with E-state index in [4.69, 9.17) is 14.3 Å². The van der Waals surface area contributed by atoms with E-state index in [0.29, 0.717) is 13.0 Å². The number of carbonyl (C=O) groups is 2. The average molecular weight is 267 g/mol. The summed E-state index contributed by atoms with van der Waals surface area (Å²) >= 11 is 0. The van der Waals surface area contributed by atoms with E-state index in [1.54, 1.807) is 7.05 Å². The molecule has 2 rings (SSSR count). The highest BCUT2D eigenvalue weighted by molar-refractivity contribution is 6.03. The average Bonchev–Trinajstić information content (AvgIpc) is 2.69. The number of amides is 1. The molecule has 0 unspecified atom stereocenters. The molecule has 0 bridgehead atoms. The van der Waals surface area contributed by atoms with Crippen LogP contribution < -0.4 is 0 Å². The van der Waals surface area contributed by atoms with Crippen LogP contribution in [0.25, 0.3) is 0 Å². The Kier molecular flexibility index (Phi) is 3.61. The number of likely N-dealkylation sites (N-methyl/N-ethyl adjacent to an activating group) is 1. The van der Waals surface area contributed by atoms with E-state index in [9.17, 15) is 9.59 Å². The van der Waals surface area contributed by atoms with Crippen molar-refractivity contribution in [3.05, 3.63) is 23.7 Å². The maximum atomic E-state index is 12.1. The van der Waals surface area contributed by atoms with Gasteiger partial charge < -0.3 is 19.2 Å². The van der Waals surface area contributed by atoms with E-state index < -0.39 is 17.3 Å². The Morgan fingerprint density at radius 1 is 1.42 bits per heavy atom. The normalized spacial score (nSPS) is 16.7. The molecule has 1 aromatic heterocycles. The SMILES string of the molecule is Cc1ccc(CCN(C)C(=O)C2(C(=O)O)COC2)o1. The van der Waals surface area contributed by atoms with Crippen LogP contribution in [-0.4, -0.2) is 48.7 Å². The number of carboxylic acid groups (broad SMARTS) is 1. The fourth-order valence-corrected chi connectivity index (χ4v) is 2.01. The van der Waals surface area contributed by atoms with Gasteiger partial charge in [-0.05, 0) is 19.1 Å². The molecular weight excluding hydrogens is 250 g/mol. The third kappa shape index (κ3) is 2.49. The number of hydrogen-bond donors (Lipinski definition) is 1. The van der Waals surface area contributed by atoms with Crippen LogP contribution in [0.1, 0.15) is 11.5 Å². The number of carboxylic acids is 1. The van der Waals surface area contributed by atoms with Crippen molar-refractivity contribution >= 4 is 11.9 Å². The van der Waals surface area contributed by atoms with E-state index in [2.05, 4.69) is 0 Å². The summed E-state index contributed by atoms with van der Waals surface area (Å²) in [7, 11) is 1.60. The lowest BCUT2D eigenvalue weighted by atomic mass is 9.84. The number of aryl methyl sites for hydroxylation is 1. The lowest BCUT2D eigenvalue weighted by Gasteiger charge is -2.38. The van der Waals surface area contributed by atoms with Crippen LogP contribution in [0.15, 0.2) is 16.5 Å². The standard InChI is InChI=1S/C13H17NO5/c1-9-3-4-10(19-9)5-6-14(2)11(15)13(12(16)17)7-18-8-13/h3-4H,5-8H2,1-2H3,(H,16,17). The van der Waals surface area contributed by atoms with Gasteiger partial charge in [-0.15, -0.1) is 0 Å². The zero-order chi connectivity index (χ0) is 14.0. The van der Waals surface area contributed by atoms with Crippen LogP contribution in [0.3, 0.4) is 0 Å². The van der Waals surface area contributed by atoms with Gasteiger partial charge in [0.25, 0.3) is 0 Å². The van der Waals surface area contributed by atoms with Crippen LogP contribution in [-0.2, 0) is 20.7 Å². The highest BCUT2D eigenvalue weighted by Crippen LogP contribution is 2.30. The fourth-order valence-electron chi connectivity index (χ4n) is 2.01. The maximum Gasteiger partial charge on any atom is 0.324 e. The quantitative estimate of drug-likeness (QED) is 0.794. The highest BCUT2D eigenvalue weighted by Gasteiger charge is 2.54. The predicted octanol–water partition coefficient (Wildman–Crippen LogP) is 0.690. The molecule has 1 amide bonds. The van der Waals surface area contributed by atoms with Crippen LogP contribution >= 0.6 is 0 Å². The first-order valence-electron chi connectivity index (χ1n) is 6.08. The van der Waals surface area contributed by atoms with E-state index >= 15 is 0 Å². The number of nitrogens with zero attached hydrogens (tertiary/aromatic N) is 1. The summed E-state index contributed by atoms with van der Waals surface area (Å²) < 4.78 is 10.3. The van der Waals surface area contributed by atoms with E-state index in [1.807, 2.05) is 19.1 Å². The number of ether oxygens (including phenoxy) is 1. The summed E-state index contributed by atoms with van der Waals surface area (Å²) in [5, 5.41) is 9.15. The van der Waals surface area contributed by atoms with Crippen molar-refractivity contribution < 1.29 is 23.8 Å². The molecular formula is C13H17NO5. The second kappa shape index (κ2) is 5.05. The summed E-state index contributed by atoms with van der Waals surface area (Å²) in [6, 6.07) is 3.71. The summed E-state index contributed by atoms with van der Waals surface area (Å²) in [6.07, 6.45) is 0.562. The minimum atomic E-state index is -1.40. The molecule has 0 spiro atoms. The monoisotopic (exact) mass is 267 g/mol. The van der Waals surface area contributed by atoms with Crippen LogP contribution in [0.4, 0.5) is 0 Å². The maximum absolute atomic E-state index is 12.1. The second-order valence-corrected chi connectivity index (χ2v) is 4.87. The van der Waals surface area contributed by atoms with Crippen molar-refractivity contribution in [2.24, 2.45) is 5.41 Å². The van der Waals surface area contributed by atoms with Gasteiger partial charge in [0.1, 0.15) is 11.5 Å². The summed E-state index contributed by atoms with van der Waals surface area (Å²) in [4.78, 5) is 24.8. The third-order valence-corrected chi connectivity index (χ3v) is 3.35. The molecule has 1 aliphatic rings. The van der Waals surface area contributed by atoms with Crippen molar-refractivity contribution in [1.29, 1.82) is 0 Å². The van der Waals surface area contributed by atoms with Gasteiger partial charge in [0.2, 0.25) is 5.91 Å². The van der Waals surface area contributed by atoms with Crippen molar-refractivity contribution in [3.63, 3.8) is 0 Å². The second-order valence-electron chi connectivity index (χ2n) is 4.87. The predicted molar refractivity (Wildman–Crippen MR) is 65.7 cm³/mol. The molecule has 0 radical (unpaired) electrons. The highest BCUT2D eigenvalue weighted by atomic mass is 16.5. The molecule has 6 nitrogen and oxygen atoms in total. The molecule has 2 heterocycles. The molecule has 104 valence electrons. The van der Waals surface area contributed by atoms with Gasteiger partial charge >= 0.3 is 5.97 Å².